The van der Waals surface area contributed by atoms with Crippen molar-refractivity contribution < 1.29 is 15.0 Å². The minimum Gasteiger partial charge on any atom is -0.508 e. The molecule has 0 radical (unpaired) electrons. The summed E-state index contributed by atoms with van der Waals surface area (Å²) >= 11 is 0. The van der Waals surface area contributed by atoms with Gasteiger partial charge in [0.2, 0.25) is 5.91 Å². The van der Waals surface area contributed by atoms with Gasteiger partial charge in [0.25, 0.3) is 0 Å². The molecule has 2 atom stereocenters. The predicted octanol–water partition coefficient (Wildman–Crippen LogP) is -0.274. The van der Waals surface area contributed by atoms with E-state index >= 15 is 0 Å². The van der Waals surface area contributed by atoms with E-state index in [0.717, 1.165) is 5.56 Å². The molecule has 1 aromatic carbocycles. The first-order chi connectivity index (χ1) is 8.58. The lowest BCUT2D eigenvalue weighted by atomic mass is 10.1. The van der Waals surface area contributed by atoms with Crippen molar-refractivity contribution in [3.8, 4) is 5.75 Å². The number of carbonyl (C=O) groups is 1. The zero-order chi connectivity index (χ0) is 13.1. The number of aliphatic hydroxyl groups excluding tert-OH is 1. The Morgan fingerprint density at radius 2 is 2.28 bits per heavy atom. The van der Waals surface area contributed by atoms with Crippen LogP contribution in [-0.4, -0.2) is 53.3 Å². The molecule has 0 saturated carbocycles. The van der Waals surface area contributed by atoms with E-state index in [-0.39, 0.29) is 24.1 Å². The van der Waals surface area contributed by atoms with Crippen LogP contribution in [0.3, 0.4) is 0 Å². The minimum atomic E-state index is -0.511. The normalized spacial score (nSPS) is 23.0. The number of nitrogens with one attached hydrogen (secondary N) is 1. The molecule has 0 aromatic heterocycles. The van der Waals surface area contributed by atoms with Gasteiger partial charge in [-0.15, -0.1) is 0 Å². The molecule has 1 fully saturated rings. The molecule has 0 bridgehead atoms. The van der Waals surface area contributed by atoms with E-state index in [1.807, 2.05) is 0 Å². The Hall–Kier alpha value is -1.59. The summed E-state index contributed by atoms with van der Waals surface area (Å²) in [6.45, 7) is 1.14. The van der Waals surface area contributed by atoms with Gasteiger partial charge in [-0.2, -0.15) is 0 Å². The van der Waals surface area contributed by atoms with Crippen molar-refractivity contribution in [3.63, 3.8) is 0 Å². The molecule has 1 amide bonds. The van der Waals surface area contributed by atoms with Crippen molar-refractivity contribution in [1.29, 1.82) is 0 Å². The molecule has 1 heterocycles. The number of hydrogen-bond donors (Lipinski definition) is 3. The molecule has 0 unspecified atom stereocenters. The number of benzene rings is 1. The van der Waals surface area contributed by atoms with E-state index in [2.05, 4.69) is 5.32 Å². The second-order valence-corrected chi connectivity index (χ2v) is 4.64. The SMILES string of the molecule is CN(C(=O)Cc1cccc(O)c1)[C@@H]1CNC[C@H]1O. The Labute approximate surface area is 106 Å². The van der Waals surface area contributed by atoms with Crippen LogP contribution >= 0.6 is 0 Å². The van der Waals surface area contributed by atoms with E-state index in [4.69, 9.17) is 0 Å². The lowest BCUT2D eigenvalue weighted by Gasteiger charge is -2.26. The van der Waals surface area contributed by atoms with Gasteiger partial charge in [-0.1, -0.05) is 12.1 Å². The number of hydrogen-bond acceptors (Lipinski definition) is 4. The van der Waals surface area contributed by atoms with Crippen molar-refractivity contribution in [3.05, 3.63) is 29.8 Å². The number of phenols is 1. The number of carbonyl (C=O) groups excluding carboxylic acids is 1. The molecule has 5 nitrogen and oxygen atoms in total. The number of likely N-dealkylation sites (N-methyl/N-ethyl adjacent to an activating group) is 1. The highest BCUT2D eigenvalue weighted by Gasteiger charge is 2.30. The smallest absolute Gasteiger partial charge is 0.227 e. The van der Waals surface area contributed by atoms with Crippen LogP contribution in [0.25, 0.3) is 0 Å². The van der Waals surface area contributed by atoms with E-state index in [0.29, 0.717) is 13.1 Å². The number of aromatic hydroxyl groups is 1. The van der Waals surface area contributed by atoms with E-state index in [1.165, 1.54) is 0 Å². The number of amides is 1. The summed E-state index contributed by atoms with van der Waals surface area (Å²) in [6, 6.07) is 6.49. The maximum atomic E-state index is 12.1. The second-order valence-electron chi connectivity index (χ2n) is 4.64. The molecular weight excluding hydrogens is 232 g/mol. The van der Waals surface area contributed by atoms with E-state index in [1.54, 1.807) is 36.2 Å². The van der Waals surface area contributed by atoms with Crippen LogP contribution in [0.5, 0.6) is 5.75 Å². The fraction of sp³-hybridized carbons (Fsp3) is 0.462. The molecule has 1 aliphatic rings. The van der Waals surface area contributed by atoms with Gasteiger partial charge in [0.15, 0.2) is 0 Å². The summed E-state index contributed by atoms with van der Waals surface area (Å²) in [4.78, 5) is 13.6. The monoisotopic (exact) mass is 250 g/mol. The second kappa shape index (κ2) is 5.37. The molecule has 3 N–H and O–H groups in total. The largest absolute Gasteiger partial charge is 0.508 e. The highest BCUT2D eigenvalue weighted by Crippen LogP contribution is 2.14. The molecular formula is C13H18N2O3. The third kappa shape index (κ3) is 2.80. The van der Waals surface area contributed by atoms with Gasteiger partial charge in [0, 0.05) is 20.1 Å². The zero-order valence-corrected chi connectivity index (χ0v) is 10.3. The molecule has 1 aliphatic heterocycles. The highest BCUT2D eigenvalue weighted by molar-refractivity contribution is 5.79. The fourth-order valence-electron chi connectivity index (χ4n) is 2.20. The average Bonchev–Trinajstić information content (AvgIpc) is 2.74. The van der Waals surface area contributed by atoms with Crippen molar-refractivity contribution in [2.45, 2.75) is 18.6 Å². The van der Waals surface area contributed by atoms with Crippen LogP contribution in [-0.2, 0) is 11.2 Å². The molecule has 1 saturated heterocycles. The van der Waals surface area contributed by atoms with E-state index in [9.17, 15) is 15.0 Å². The predicted molar refractivity (Wildman–Crippen MR) is 67.2 cm³/mol. The third-order valence-corrected chi connectivity index (χ3v) is 3.31. The quantitative estimate of drug-likeness (QED) is 0.690. The maximum Gasteiger partial charge on any atom is 0.227 e. The van der Waals surface area contributed by atoms with Gasteiger partial charge in [-0.25, -0.2) is 0 Å². The molecule has 2 rings (SSSR count). The Morgan fingerprint density at radius 1 is 1.50 bits per heavy atom. The Morgan fingerprint density at radius 3 is 2.89 bits per heavy atom. The zero-order valence-electron chi connectivity index (χ0n) is 10.3. The lowest BCUT2D eigenvalue weighted by Crippen LogP contribution is -2.44. The molecule has 18 heavy (non-hydrogen) atoms. The summed E-state index contributed by atoms with van der Waals surface area (Å²) in [5.41, 5.74) is 0.771. The van der Waals surface area contributed by atoms with Gasteiger partial charge in [0.05, 0.1) is 18.6 Å². The third-order valence-electron chi connectivity index (χ3n) is 3.31. The Bertz CT molecular complexity index is 436. The number of phenolic OH excluding ortho intramolecular Hbond substituents is 1. The standard InChI is InChI=1S/C13H18N2O3/c1-15(11-7-14-8-12(11)17)13(18)6-9-3-2-4-10(16)5-9/h2-5,11-12,14,16-17H,6-8H2,1H3/t11-,12-/m1/s1. The number of rotatable bonds is 3. The topological polar surface area (TPSA) is 72.8 Å². The van der Waals surface area contributed by atoms with Crippen LogP contribution in [0.15, 0.2) is 24.3 Å². The molecule has 0 spiro atoms. The van der Waals surface area contributed by atoms with Crippen molar-refractivity contribution in [1.82, 2.24) is 10.2 Å². The first kappa shape index (κ1) is 12.9. The fourth-order valence-corrected chi connectivity index (χ4v) is 2.20. The number of nitrogens with zero attached hydrogens (tertiary/aromatic N) is 1. The van der Waals surface area contributed by atoms with Crippen LogP contribution in [0.2, 0.25) is 0 Å². The minimum absolute atomic E-state index is 0.0617. The molecule has 5 heteroatoms. The van der Waals surface area contributed by atoms with Crippen LogP contribution in [0, 0.1) is 0 Å². The maximum absolute atomic E-state index is 12.1. The molecule has 0 aliphatic carbocycles. The highest BCUT2D eigenvalue weighted by atomic mass is 16.3. The van der Waals surface area contributed by atoms with Gasteiger partial charge >= 0.3 is 0 Å². The summed E-state index contributed by atoms with van der Waals surface area (Å²) in [7, 11) is 1.70. The van der Waals surface area contributed by atoms with Crippen molar-refractivity contribution >= 4 is 5.91 Å². The summed E-state index contributed by atoms with van der Waals surface area (Å²) in [6.07, 6.45) is -0.281. The van der Waals surface area contributed by atoms with Gasteiger partial charge < -0.3 is 20.4 Å². The summed E-state index contributed by atoms with van der Waals surface area (Å²) in [5, 5.41) is 22.1. The Balaban J connectivity index is 1.99. The molecule has 1 aromatic rings. The average molecular weight is 250 g/mol. The van der Waals surface area contributed by atoms with Crippen LogP contribution < -0.4 is 5.32 Å². The van der Waals surface area contributed by atoms with Crippen molar-refractivity contribution in [2.75, 3.05) is 20.1 Å². The van der Waals surface area contributed by atoms with Crippen LogP contribution in [0.1, 0.15) is 5.56 Å². The number of aliphatic hydroxyl groups is 1. The summed E-state index contributed by atoms with van der Waals surface area (Å²) < 4.78 is 0. The van der Waals surface area contributed by atoms with Gasteiger partial charge in [-0.05, 0) is 17.7 Å². The molecule has 98 valence electrons. The van der Waals surface area contributed by atoms with E-state index < -0.39 is 6.10 Å². The lowest BCUT2D eigenvalue weighted by molar-refractivity contribution is -0.132. The van der Waals surface area contributed by atoms with Crippen LogP contribution in [0.4, 0.5) is 0 Å². The van der Waals surface area contributed by atoms with Gasteiger partial charge in [0.1, 0.15) is 5.75 Å². The first-order valence-corrected chi connectivity index (χ1v) is 6.00. The Kier molecular flexibility index (Phi) is 3.84. The van der Waals surface area contributed by atoms with Crippen molar-refractivity contribution in [2.24, 2.45) is 0 Å². The number of β-amino-alcohol motifs (C(OH)–C–C–N with tert-alkyl or cyclic N) is 1. The van der Waals surface area contributed by atoms with Gasteiger partial charge in [-0.3, -0.25) is 4.79 Å². The summed E-state index contributed by atoms with van der Waals surface area (Å²) in [5.74, 6) is 0.0962. The first-order valence-electron chi connectivity index (χ1n) is 6.00.